The van der Waals surface area contributed by atoms with Crippen LogP contribution in [0.1, 0.15) is 24.5 Å². The van der Waals surface area contributed by atoms with Gasteiger partial charge in [0.25, 0.3) is 0 Å². The van der Waals surface area contributed by atoms with Crippen LogP contribution in [0.25, 0.3) is 0 Å². The van der Waals surface area contributed by atoms with E-state index in [0.29, 0.717) is 12.6 Å². The fraction of sp³-hybridized carbons (Fsp3) is 0.700. The van der Waals surface area contributed by atoms with Crippen LogP contribution >= 0.6 is 11.3 Å². The van der Waals surface area contributed by atoms with Gasteiger partial charge in [-0.2, -0.15) is 0 Å². The third kappa shape index (κ3) is 4.69. The molecule has 0 saturated heterocycles. The van der Waals surface area contributed by atoms with E-state index in [1.54, 1.807) is 11.3 Å². The average Bonchev–Trinajstić information content (AvgIpc) is 2.50. The van der Waals surface area contributed by atoms with E-state index < -0.39 is 0 Å². The molecule has 0 atom stereocenters. The lowest BCUT2D eigenvalue weighted by Crippen LogP contribution is -2.26. The molecule has 0 saturated carbocycles. The number of nitrogens with zero attached hydrogens (tertiary/aromatic N) is 1. The Balaban J connectivity index is 2.04. The second-order valence-corrected chi connectivity index (χ2v) is 4.58. The Morgan fingerprint density at radius 1 is 1.57 bits per heavy atom. The monoisotopic (exact) mass is 214 g/mol. The predicted molar refractivity (Wildman–Crippen MR) is 59.6 cm³/mol. The Morgan fingerprint density at radius 3 is 2.93 bits per heavy atom. The van der Waals surface area contributed by atoms with Gasteiger partial charge in [-0.15, -0.1) is 11.3 Å². The van der Waals surface area contributed by atoms with Crippen molar-refractivity contribution in [3.05, 3.63) is 16.1 Å². The number of ether oxygens (including phenoxy) is 1. The van der Waals surface area contributed by atoms with E-state index in [9.17, 15) is 0 Å². The van der Waals surface area contributed by atoms with Gasteiger partial charge in [-0.05, 0) is 6.92 Å². The molecule has 3 nitrogen and oxygen atoms in total. The van der Waals surface area contributed by atoms with Gasteiger partial charge in [0.2, 0.25) is 0 Å². The van der Waals surface area contributed by atoms with Crippen LogP contribution in [0.15, 0.2) is 5.38 Å². The van der Waals surface area contributed by atoms with Crippen LogP contribution in [-0.4, -0.2) is 24.2 Å². The summed E-state index contributed by atoms with van der Waals surface area (Å²) in [6.45, 7) is 8.54. The Bertz CT molecular complexity index is 260. The quantitative estimate of drug-likeness (QED) is 0.735. The largest absolute Gasteiger partial charge is 0.374 e. The molecular weight excluding hydrogens is 196 g/mol. The minimum absolute atomic E-state index is 0.528. The van der Waals surface area contributed by atoms with Crippen LogP contribution in [-0.2, 0) is 11.3 Å². The van der Waals surface area contributed by atoms with E-state index >= 15 is 0 Å². The molecule has 0 radical (unpaired) electrons. The van der Waals surface area contributed by atoms with Gasteiger partial charge >= 0.3 is 0 Å². The fourth-order valence-corrected chi connectivity index (χ4v) is 1.67. The number of rotatable bonds is 6. The van der Waals surface area contributed by atoms with Crippen molar-refractivity contribution in [3.8, 4) is 0 Å². The van der Waals surface area contributed by atoms with Crippen molar-refractivity contribution in [1.29, 1.82) is 0 Å². The van der Waals surface area contributed by atoms with Crippen molar-refractivity contribution >= 4 is 11.3 Å². The molecule has 14 heavy (non-hydrogen) atoms. The van der Waals surface area contributed by atoms with Crippen LogP contribution in [0.3, 0.4) is 0 Å². The van der Waals surface area contributed by atoms with Crippen molar-refractivity contribution in [1.82, 2.24) is 10.3 Å². The molecule has 1 aromatic heterocycles. The van der Waals surface area contributed by atoms with Gasteiger partial charge in [-0.3, -0.25) is 0 Å². The Labute approximate surface area is 89.5 Å². The van der Waals surface area contributed by atoms with Crippen molar-refractivity contribution < 1.29 is 4.74 Å². The number of aryl methyl sites for hydroxylation is 1. The summed E-state index contributed by atoms with van der Waals surface area (Å²) in [5.74, 6) is 0. The van der Waals surface area contributed by atoms with Crippen molar-refractivity contribution in [3.63, 3.8) is 0 Å². The highest BCUT2D eigenvalue weighted by Crippen LogP contribution is 2.08. The van der Waals surface area contributed by atoms with Crippen LogP contribution in [0.2, 0.25) is 0 Å². The van der Waals surface area contributed by atoms with Gasteiger partial charge in [-0.1, -0.05) is 13.8 Å². The highest BCUT2D eigenvalue weighted by molar-refractivity contribution is 7.09. The first-order valence-electron chi connectivity index (χ1n) is 4.90. The van der Waals surface area contributed by atoms with Crippen molar-refractivity contribution in [2.75, 3.05) is 13.2 Å². The van der Waals surface area contributed by atoms with Crippen molar-refractivity contribution in [2.24, 2.45) is 0 Å². The molecule has 0 aliphatic carbocycles. The first-order chi connectivity index (χ1) is 6.68. The van der Waals surface area contributed by atoms with Gasteiger partial charge in [-0.25, -0.2) is 4.98 Å². The highest BCUT2D eigenvalue weighted by Gasteiger charge is 1.98. The molecule has 1 aromatic rings. The van der Waals surface area contributed by atoms with Gasteiger partial charge in [0.1, 0.15) is 0 Å². The van der Waals surface area contributed by atoms with E-state index in [1.165, 1.54) is 0 Å². The summed E-state index contributed by atoms with van der Waals surface area (Å²) >= 11 is 1.67. The molecule has 80 valence electrons. The summed E-state index contributed by atoms with van der Waals surface area (Å²) in [7, 11) is 0. The Morgan fingerprint density at radius 2 is 2.36 bits per heavy atom. The molecule has 4 heteroatoms. The molecular formula is C10H18N2OS. The molecule has 1 heterocycles. The first kappa shape index (κ1) is 11.6. The topological polar surface area (TPSA) is 34.1 Å². The number of thiazole rings is 1. The molecule has 0 aliphatic rings. The number of nitrogens with one attached hydrogen (secondary N) is 1. The summed E-state index contributed by atoms with van der Waals surface area (Å²) in [6, 6.07) is 0.528. The lowest BCUT2D eigenvalue weighted by Gasteiger charge is -2.07. The minimum atomic E-state index is 0.528. The number of hydrogen-bond acceptors (Lipinski definition) is 4. The number of aromatic nitrogens is 1. The van der Waals surface area contributed by atoms with E-state index in [-0.39, 0.29) is 0 Å². The molecule has 1 rings (SSSR count). The molecule has 1 N–H and O–H groups in total. The predicted octanol–water partition coefficient (Wildman–Crippen LogP) is 1.97. The third-order valence-corrected chi connectivity index (χ3v) is 2.54. The van der Waals surface area contributed by atoms with E-state index in [1.807, 2.05) is 12.3 Å². The van der Waals surface area contributed by atoms with Crippen molar-refractivity contribution in [2.45, 2.75) is 33.4 Å². The second kappa shape index (κ2) is 6.11. The molecule has 0 unspecified atom stereocenters. The molecule has 0 aromatic carbocycles. The molecule has 0 aliphatic heterocycles. The second-order valence-electron chi connectivity index (χ2n) is 3.52. The first-order valence-corrected chi connectivity index (χ1v) is 5.78. The van der Waals surface area contributed by atoms with Crippen LogP contribution in [0.4, 0.5) is 0 Å². The SMILES string of the molecule is Cc1nc(COCCNC(C)C)cs1. The lowest BCUT2D eigenvalue weighted by atomic mass is 10.4. The highest BCUT2D eigenvalue weighted by atomic mass is 32.1. The zero-order chi connectivity index (χ0) is 10.4. The van der Waals surface area contributed by atoms with Gasteiger partial charge in [0.05, 0.1) is 23.9 Å². The normalized spacial score (nSPS) is 11.1. The molecule has 0 spiro atoms. The maximum atomic E-state index is 5.47. The average molecular weight is 214 g/mol. The van der Waals surface area contributed by atoms with E-state index in [0.717, 1.165) is 23.9 Å². The van der Waals surface area contributed by atoms with E-state index in [2.05, 4.69) is 24.1 Å². The Kier molecular flexibility index (Phi) is 5.07. The molecule has 0 fully saturated rings. The zero-order valence-corrected chi connectivity index (χ0v) is 9.86. The fourth-order valence-electron chi connectivity index (χ4n) is 1.07. The number of hydrogen-bond donors (Lipinski definition) is 1. The maximum Gasteiger partial charge on any atom is 0.0898 e. The molecule has 0 bridgehead atoms. The smallest absolute Gasteiger partial charge is 0.0898 e. The summed E-state index contributed by atoms with van der Waals surface area (Å²) in [6.07, 6.45) is 0. The standard InChI is InChI=1S/C10H18N2OS/c1-8(2)11-4-5-13-6-10-7-14-9(3)12-10/h7-8,11H,4-6H2,1-3H3. The summed E-state index contributed by atoms with van der Waals surface area (Å²) in [5, 5.41) is 6.44. The summed E-state index contributed by atoms with van der Waals surface area (Å²) < 4.78 is 5.47. The Hall–Kier alpha value is -0.450. The third-order valence-electron chi connectivity index (χ3n) is 1.72. The van der Waals surface area contributed by atoms with Crippen LogP contribution in [0, 0.1) is 6.92 Å². The van der Waals surface area contributed by atoms with Crippen LogP contribution < -0.4 is 5.32 Å². The van der Waals surface area contributed by atoms with Gasteiger partial charge in [0, 0.05) is 18.0 Å². The zero-order valence-electron chi connectivity index (χ0n) is 9.04. The lowest BCUT2D eigenvalue weighted by molar-refractivity contribution is 0.119. The maximum absolute atomic E-state index is 5.47. The van der Waals surface area contributed by atoms with Gasteiger partial charge in [0.15, 0.2) is 0 Å². The van der Waals surface area contributed by atoms with Crippen LogP contribution in [0.5, 0.6) is 0 Å². The minimum Gasteiger partial charge on any atom is -0.374 e. The molecule has 0 amide bonds. The van der Waals surface area contributed by atoms with Gasteiger partial charge < -0.3 is 10.1 Å². The summed E-state index contributed by atoms with van der Waals surface area (Å²) in [4.78, 5) is 4.32. The summed E-state index contributed by atoms with van der Waals surface area (Å²) in [5.41, 5.74) is 1.04. The van der Waals surface area contributed by atoms with E-state index in [4.69, 9.17) is 4.74 Å².